The molecule has 1 aromatic carbocycles. The number of carboxylic acids is 2. The summed E-state index contributed by atoms with van der Waals surface area (Å²) in [4.78, 5) is 35.3. The number of carbonyl (C=O) groups is 2. The molecule has 196 valence electrons. The summed E-state index contributed by atoms with van der Waals surface area (Å²) >= 11 is 0. The molecule has 4 rings (SSSR count). The molecule has 0 radical (unpaired) electrons. The van der Waals surface area contributed by atoms with Crippen LogP contribution in [0.4, 0.5) is 5.95 Å². The minimum Gasteiger partial charge on any atom is -0.481 e. The molecule has 1 aliphatic rings. The van der Waals surface area contributed by atoms with Gasteiger partial charge in [-0.3, -0.25) is 14.1 Å². The van der Waals surface area contributed by atoms with Gasteiger partial charge in [0.2, 0.25) is 11.8 Å². The van der Waals surface area contributed by atoms with Gasteiger partial charge in [0.05, 0.1) is 32.5 Å². The van der Waals surface area contributed by atoms with E-state index in [0.29, 0.717) is 17.6 Å². The van der Waals surface area contributed by atoms with Crippen molar-refractivity contribution in [2.24, 2.45) is 5.92 Å². The molecule has 2 heterocycles. The number of nitrogen functional groups attached to an aromatic ring is 1. The van der Waals surface area contributed by atoms with Gasteiger partial charge < -0.3 is 29.8 Å². The Morgan fingerprint density at radius 2 is 2.00 bits per heavy atom. The lowest BCUT2D eigenvalue weighted by Crippen LogP contribution is -2.38. The number of allylic oxidation sites excluding steroid dienone is 1. The molecule has 0 amide bonds. The van der Waals surface area contributed by atoms with Crippen LogP contribution < -0.4 is 20.1 Å². The van der Waals surface area contributed by atoms with Crippen LogP contribution in [0.25, 0.3) is 11.2 Å². The maximum absolute atomic E-state index is 13.5. The van der Waals surface area contributed by atoms with Crippen LogP contribution >= 0.6 is 7.75 Å². The Balaban J connectivity index is 1.48. The largest absolute Gasteiger partial charge is 0.481 e. The van der Waals surface area contributed by atoms with Crippen LogP contribution in [0.2, 0.25) is 0 Å². The highest BCUT2D eigenvalue weighted by molar-refractivity contribution is 7.52. The highest BCUT2D eigenvalue weighted by Crippen LogP contribution is 2.46. The van der Waals surface area contributed by atoms with Crippen molar-refractivity contribution in [3.63, 3.8) is 0 Å². The Bertz CT molecular complexity index is 1360. The van der Waals surface area contributed by atoms with E-state index in [-0.39, 0.29) is 36.1 Å². The number of hydrogen-bond donors (Lipinski definition) is 4. The van der Waals surface area contributed by atoms with Gasteiger partial charge in [-0.1, -0.05) is 30.4 Å². The van der Waals surface area contributed by atoms with E-state index in [2.05, 4.69) is 20.0 Å². The number of rotatable bonds is 12. The van der Waals surface area contributed by atoms with Crippen LogP contribution in [0.1, 0.15) is 18.9 Å². The molecule has 37 heavy (non-hydrogen) atoms. The molecular formula is C22H25N6O8P. The summed E-state index contributed by atoms with van der Waals surface area (Å²) in [6.45, 7) is -0.101. The number of fused-ring (bicyclic) bond motifs is 1. The summed E-state index contributed by atoms with van der Waals surface area (Å²) in [5.74, 6) is -2.68. The third kappa shape index (κ3) is 6.23. The van der Waals surface area contributed by atoms with Gasteiger partial charge in [0.15, 0.2) is 11.2 Å². The standard InChI is InChI=1S/C22H25N6O8P/c1-34-20-18-19(25-22(23)26-20)28(12-24-18)14-8-7-13(9-14)11-35-37(33,36-15-5-3-2-4-6-15)27-16(21(31)32)10-17(29)30/h2-8,12-14,16H,9-11H2,1H3,(H,27,33)(H,29,30)(H,31,32)(H2,23,25,26)/t13-,14+,16?,37?/m1/s1. The van der Waals surface area contributed by atoms with Gasteiger partial charge in [-0.25, -0.2) is 9.55 Å². The molecule has 0 saturated heterocycles. The summed E-state index contributed by atoms with van der Waals surface area (Å²) in [6, 6.07) is 6.14. The quantitative estimate of drug-likeness (QED) is 0.196. The Morgan fingerprint density at radius 1 is 1.24 bits per heavy atom. The number of nitrogens with two attached hydrogens (primary N) is 1. The molecule has 1 aliphatic carbocycles. The molecular weight excluding hydrogens is 507 g/mol. The van der Waals surface area contributed by atoms with Crippen molar-refractivity contribution in [1.82, 2.24) is 24.6 Å². The Labute approximate surface area is 210 Å². The first-order chi connectivity index (χ1) is 17.7. The number of para-hydroxylation sites is 1. The average Bonchev–Trinajstić information content (AvgIpc) is 3.49. The SMILES string of the molecule is COc1nc(N)nc2c1ncn2[C@H]1C=C[C@@H](COP(=O)(NC(CC(=O)O)C(=O)O)Oc2ccccc2)C1. The van der Waals surface area contributed by atoms with Crippen molar-refractivity contribution < 1.29 is 38.2 Å². The number of benzene rings is 1. The van der Waals surface area contributed by atoms with E-state index in [0.717, 1.165) is 0 Å². The maximum Gasteiger partial charge on any atom is 0.459 e. The van der Waals surface area contributed by atoms with Gasteiger partial charge in [0, 0.05) is 5.92 Å². The van der Waals surface area contributed by atoms with E-state index >= 15 is 0 Å². The summed E-state index contributed by atoms with van der Waals surface area (Å²) in [5.41, 5.74) is 6.73. The topological polar surface area (TPSA) is 201 Å². The van der Waals surface area contributed by atoms with Crippen LogP contribution in [0.5, 0.6) is 11.6 Å². The summed E-state index contributed by atoms with van der Waals surface area (Å²) in [7, 11) is -2.84. The van der Waals surface area contributed by atoms with Crippen LogP contribution in [-0.2, 0) is 18.7 Å². The number of carboxylic acid groups (broad SMARTS) is 2. The van der Waals surface area contributed by atoms with E-state index in [1.54, 1.807) is 29.1 Å². The number of aromatic nitrogens is 4. The lowest BCUT2D eigenvalue weighted by atomic mass is 10.1. The van der Waals surface area contributed by atoms with Crippen molar-refractivity contribution in [1.29, 1.82) is 0 Å². The smallest absolute Gasteiger partial charge is 0.459 e. The summed E-state index contributed by atoms with van der Waals surface area (Å²) in [5, 5.41) is 20.7. The van der Waals surface area contributed by atoms with Crippen LogP contribution in [0, 0.1) is 5.92 Å². The van der Waals surface area contributed by atoms with Crippen LogP contribution in [-0.4, -0.2) is 61.4 Å². The Kier molecular flexibility index (Phi) is 7.71. The molecule has 5 N–H and O–H groups in total. The number of nitrogens with one attached hydrogen (secondary N) is 1. The van der Waals surface area contributed by atoms with Gasteiger partial charge in [0.25, 0.3) is 0 Å². The number of ether oxygens (including phenoxy) is 1. The zero-order valence-corrected chi connectivity index (χ0v) is 20.5. The molecule has 15 heteroatoms. The Hall–Kier alpha value is -4.00. The molecule has 14 nitrogen and oxygen atoms in total. The first kappa shape index (κ1) is 26.1. The van der Waals surface area contributed by atoms with E-state index in [4.69, 9.17) is 24.6 Å². The minimum absolute atomic E-state index is 0.0346. The van der Waals surface area contributed by atoms with Crippen molar-refractivity contribution in [2.75, 3.05) is 19.5 Å². The van der Waals surface area contributed by atoms with E-state index in [1.165, 1.54) is 19.2 Å². The molecule has 0 fully saturated rings. The first-order valence-electron chi connectivity index (χ1n) is 11.1. The molecule has 4 atom stereocenters. The monoisotopic (exact) mass is 532 g/mol. The molecule has 0 saturated carbocycles. The summed E-state index contributed by atoms with van der Waals surface area (Å²) in [6.07, 6.45) is 5.04. The normalized spacial score (nSPS) is 19.4. The Morgan fingerprint density at radius 3 is 2.68 bits per heavy atom. The zero-order valence-electron chi connectivity index (χ0n) is 19.6. The zero-order chi connectivity index (χ0) is 26.6. The third-order valence-corrected chi connectivity index (χ3v) is 7.09. The number of methoxy groups -OCH3 is 1. The molecule has 0 bridgehead atoms. The fourth-order valence-corrected chi connectivity index (χ4v) is 5.38. The van der Waals surface area contributed by atoms with Gasteiger partial charge in [-0.15, -0.1) is 0 Å². The molecule has 0 aliphatic heterocycles. The number of imidazole rings is 1. The lowest BCUT2D eigenvalue weighted by molar-refractivity contribution is -0.145. The fourth-order valence-electron chi connectivity index (χ4n) is 3.83. The lowest BCUT2D eigenvalue weighted by Gasteiger charge is -2.24. The first-order valence-corrected chi connectivity index (χ1v) is 12.7. The van der Waals surface area contributed by atoms with Crippen LogP contribution in [0.15, 0.2) is 48.8 Å². The predicted octanol–water partition coefficient (Wildman–Crippen LogP) is 2.26. The number of anilines is 1. The van der Waals surface area contributed by atoms with E-state index in [1.807, 2.05) is 12.2 Å². The van der Waals surface area contributed by atoms with Crippen LogP contribution in [0.3, 0.4) is 0 Å². The molecule has 2 unspecified atom stereocenters. The molecule has 3 aromatic rings. The highest BCUT2D eigenvalue weighted by atomic mass is 31.2. The van der Waals surface area contributed by atoms with Gasteiger partial charge >= 0.3 is 19.7 Å². The van der Waals surface area contributed by atoms with Crippen molar-refractivity contribution in [2.45, 2.75) is 24.9 Å². The van der Waals surface area contributed by atoms with E-state index in [9.17, 15) is 19.3 Å². The molecule has 0 spiro atoms. The van der Waals surface area contributed by atoms with Crippen molar-refractivity contribution in [3.8, 4) is 11.6 Å². The van der Waals surface area contributed by atoms with Gasteiger partial charge in [-0.05, 0) is 18.6 Å². The van der Waals surface area contributed by atoms with Crippen molar-refractivity contribution >= 4 is 36.8 Å². The second-order valence-electron chi connectivity index (χ2n) is 8.18. The predicted molar refractivity (Wildman–Crippen MR) is 130 cm³/mol. The second-order valence-corrected chi connectivity index (χ2v) is 9.87. The molecule has 2 aromatic heterocycles. The second kappa shape index (κ2) is 10.9. The number of aliphatic carboxylic acids is 2. The van der Waals surface area contributed by atoms with Gasteiger partial charge in [-0.2, -0.15) is 15.1 Å². The average molecular weight is 532 g/mol. The minimum atomic E-state index is -4.30. The number of hydrogen-bond acceptors (Lipinski definition) is 10. The third-order valence-electron chi connectivity index (χ3n) is 5.53. The number of nitrogens with zero attached hydrogens (tertiary/aromatic N) is 4. The van der Waals surface area contributed by atoms with Gasteiger partial charge in [0.1, 0.15) is 11.8 Å². The van der Waals surface area contributed by atoms with E-state index < -0.39 is 32.1 Å². The maximum atomic E-state index is 13.5. The fraction of sp³-hybridized carbons (Fsp3) is 0.318. The van der Waals surface area contributed by atoms with Crippen molar-refractivity contribution in [3.05, 3.63) is 48.8 Å². The summed E-state index contributed by atoms with van der Waals surface area (Å²) < 4.78 is 31.7. The highest BCUT2D eigenvalue weighted by Gasteiger charge is 2.36.